The zero-order valence-electron chi connectivity index (χ0n) is 7.27. The molecule has 0 aromatic heterocycles. The highest BCUT2D eigenvalue weighted by Gasteiger charge is 2.04. The van der Waals surface area contributed by atoms with Gasteiger partial charge in [-0.15, -0.1) is 24.0 Å². The molecule has 0 aliphatic heterocycles. The van der Waals surface area contributed by atoms with E-state index >= 15 is 0 Å². The van der Waals surface area contributed by atoms with Gasteiger partial charge in [0.05, 0.1) is 0 Å². The van der Waals surface area contributed by atoms with Gasteiger partial charge in [0, 0.05) is 5.56 Å². The molecule has 1 amide bonds. The number of rotatable bonds is 3. The van der Waals surface area contributed by atoms with Crippen molar-refractivity contribution >= 4 is 35.9 Å². The van der Waals surface area contributed by atoms with Crippen LogP contribution in [0.1, 0.15) is 10.4 Å². The molecule has 0 heterocycles. The number of amides is 1. The molecule has 0 aliphatic carbocycles. The van der Waals surface area contributed by atoms with Crippen LogP contribution in [-0.4, -0.2) is 23.5 Å². The lowest BCUT2D eigenvalue weighted by Crippen LogP contribution is -2.29. The topological polar surface area (TPSA) is 66.4 Å². The first-order valence-corrected chi connectivity index (χ1v) is 3.75. The SMILES string of the molecule is I.O=C(O)CNC(=O)c1ccccc1. The Labute approximate surface area is 98.3 Å². The Hall–Kier alpha value is -1.11. The van der Waals surface area contributed by atoms with E-state index in [0.29, 0.717) is 5.56 Å². The van der Waals surface area contributed by atoms with Gasteiger partial charge in [0.2, 0.25) is 0 Å². The largest absolute Gasteiger partial charge is 0.480 e. The Morgan fingerprint density at radius 3 is 2.29 bits per heavy atom. The lowest BCUT2D eigenvalue weighted by atomic mass is 10.2. The fourth-order valence-corrected chi connectivity index (χ4v) is 0.847. The molecule has 0 radical (unpaired) electrons. The maximum Gasteiger partial charge on any atom is 0.322 e. The second-order valence-electron chi connectivity index (χ2n) is 2.44. The van der Waals surface area contributed by atoms with Crippen LogP contribution in [0.4, 0.5) is 0 Å². The van der Waals surface area contributed by atoms with Gasteiger partial charge in [0.1, 0.15) is 6.54 Å². The van der Waals surface area contributed by atoms with Crippen LogP contribution in [0.15, 0.2) is 30.3 Å². The smallest absolute Gasteiger partial charge is 0.322 e. The molecule has 0 atom stereocenters. The fourth-order valence-electron chi connectivity index (χ4n) is 0.847. The van der Waals surface area contributed by atoms with Gasteiger partial charge in [0.15, 0.2) is 0 Å². The highest BCUT2D eigenvalue weighted by Crippen LogP contribution is 1.96. The molecule has 0 saturated carbocycles. The van der Waals surface area contributed by atoms with E-state index in [1.165, 1.54) is 0 Å². The molecule has 0 aliphatic rings. The Morgan fingerprint density at radius 1 is 1.21 bits per heavy atom. The van der Waals surface area contributed by atoms with Crippen molar-refractivity contribution in [3.63, 3.8) is 0 Å². The summed E-state index contributed by atoms with van der Waals surface area (Å²) in [6.45, 7) is -0.353. The Morgan fingerprint density at radius 2 is 1.79 bits per heavy atom. The molecule has 4 nitrogen and oxygen atoms in total. The minimum Gasteiger partial charge on any atom is -0.480 e. The number of carboxylic acid groups (broad SMARTS) is 1. The number of aliphatic carboxylic acids is 1. The summed E-state index contributed by atoms with van der Waals surface area (Å²) >= 11 is 0. The highest BCUT2D eigenvalue weighted by molar-refractivity contribution is 14.0. The summed E-state index contributed by atoms with van der Waals surface area (Å²) in [5, 5.41) is 10.6. The number of carbonyl (C=O) groups excluding carboxylic acids is 1. The predicted molar refractivity (Wildman–Crippen MR) is 61.8 cm³/mol. The van der Waals surface area contributed by atoms with Crippen molar-refractivity contribution in [1.82, 2.24) is 5.32 Å². The van der Waals surface area contributed by atoms with E-state index in [4.69, 9.17) is 5.11 Å². The summed E-state index contributed by atoms with van der Waals surface area (Å²) in [5.41, 5.74) is 0.462. The zero-order valence-corrected chi connectivity index (χ0v) is 9.60. The molecule has 0 spiro atoms. The Kier molecular flexibility index (Phi) is 5.86. The van der Waals surface area contributed by atoms with Crippen LogP contribution in [0, 0.1) is 0 Å². The second kappa shape index (κ2) is 6.36. The lowest BCUT2D eigenvalue weighted by molar-refractivity contribution is -0.135. The average Bonchev–Trinajstić information content (AvgIpc) is 2.15. The summed E-state index contributed by atoms with van der Waals surface area (Å²) in [7, 11) is 0. The molecular formula is C9H10INO3. The van der Waals surface area contributed by atoms with Crippen molar-refractivity contribution in [1.29, 1.82) is 0 Å². The van der Waals surface area contributed by atoms with Crippen LogP contribution in [0.2, 0.25) is 0 Å². The quantitative estimate of drug-likeness (QED) is 0.822. The number of benzene rings is 1. The standard InChI is InChI=1S/C9H9NO3.HI/c11-8(12)6-10-9(13)7-4-2-1-3-5-7;/h1-5H,6H2,(H,10,13)(H,11,12);1H. The number of halogens is 1. The summed E-state index contributed by atoms with van der Waals surface area (Å²) < 4.78 is 0. The second-order valence-corrected chi connectivity index (χ2v) is 2.44. The molecule has 1 rings (SSSR count). The number of carboxylic acids is 1. The third-order valence-corrected chi connectivity index (χ3v) is 1.44. The molecule has 1 aromatic rings. The van der Waals surface area contributed by atoms with Crippen molar-refractivity contribution < 1.29 is 14.7 Å². The third kappa shape index (κ3) is 4.22. The van der Waals surface area contributed by atoms with Gasteiger partial charge in [0.25, 0.3) is 5.91 Å². The highest BCUT2D eigenvalue weighted by atomic mass is 127. The lowest BCUT2D eigenvalue weighted by Gasteiger charge is -2.00. The van der Waals surface area contributed by atoms with Crippen LogP contribution in [0.25, 0.3) is 0 Å². The molecule has 76 valence electrons. The van der Waals surface area contributed by atoms with Gasteiger partial charge in [-0.25, -0.2) is 0 Å². The maximum absolute atomic E-state index is 11.2. The molecular weight excluding hydrogens is 297 g/mol. The fraction of sp³-hybridized carbons (Fsp3) is 0.111. The molecule has 5 heteroatoms. The van der Waals surface area contributed by atoms with Gasteiger partial charge in [-0.05, 0) is 12.1 Å². The molecule has 0 saturated heterocycles. The van der Waals surface area contributed by atoms with Crippen molar-refractivity contribution in [2.75, 3.05) is 6.54 Å². The number of hydrogen-bond donors (Lipinski definition) is 2. The number of carbonyl (C=O) groups is 2. The van der Waals surface area contributed by atoms with Gasteiger partial charge < -0.3 is 10.4 Å². The summed E-state index contributed by atoms with van der Waals surface area (Å²) in [6.07, 6.45) is 0. The molecule has 2 N–H and O–H groups in total. The Bertz CT molecular complexity index is 313. The minimum absolute atomic E-state index is 0. The normalized spacial score (nSPS) is 8.57. The van der Waals surface area contributed by atoms with Gasteiger partial charge >= 0.3 is 5.97 Å². The van der Waals surface area contributed by atoms with Gasteiger partial charge in [-0.3, -0.25) is 9.59 Å². The van der Waals surface area contributed by atoms with Crippen LogP contribution < -0.4 is 5.32 Å². The van der Waals surface area contributed by atoms with Crippen LogP contribution in [0.5, 0.6) is 0 Å². The zero-order chi connectivity index (χ0) is 9.68. The molecule has 1 aromatic carbocycles. The number of nitrogens with one attached hydrogen (secondary N) is 1. The predicted octanol–water partition coefficient (Wildman–Crippen LogP) is 1.12. The summed E-state index contributed by atoms with van der Waals surface area (Å²) in [6, 6.07) is 8.47. The molecule has 14 heavy (non-hydrogen) atoms. The van der Waals surface area contributed by atoms with E-state index in [-0.39, 0.29) is 36.4 Å². The maximum atomic E-state index is 11.2. The molecule has 0 fully saturated rings. The van der Waals surface area contributed by atoms with Crippen molar-refractivity contribution in [3.8, 4) is 0 Å². The molecule has 0 bridgehead atoms. The number of hydrogen-bond acceptors (Lipinski definition) is 2. The monoisotopic (exact) mass is 307 g/mol. The van der Waals surface area contributed by atoms with E-state index in [0.717, 1.165) is 0 Å². The van der Waals surface area contributed by atoms with Crippen molar-refractivity contribution in [3.05, 3.63) is 35.9 Å². The average molecular weight is 307 g/mol. The first kappa shape index (κ1) is 12.9. The van der Waals surface area contributed by atoms with Crippen molar-refractivity contribution in [2.45, 2.75) is 0 Å². The van der Waals surface area contributed by atoms with Crippen LogP contribution in [-0.2, 0) is 4.79 Å². The minimum atomic E-state index is -1.05. The first-order chi connectivity index (χ1) is 6.20. The third-order valence-electron chi connectivity index (χ3n) is 1.44. The van der Waals surface area contributed by atoms with Crippen LogP contribution in [0.3, 0.4) is 0 Å². The van der Waals surface area contributed by atoms with Gasteiger partial charge in [-0.1, -0.05) is 18.2 Å². The van der Waals surface area contributed by atoms with E-state index in [2.05, 4.69) is 5.32 Å². The Balaban J connectivity index is 0.00000169. The van der Waals surface area contributed by atoms with Gasteiger partial charge in [-0.2, -0.15) is 0 Å². The summed E-state index contributed by atoms with van der Waals surface area (Å²) in [5.74, 6) is -1.42. The van der Waals surface area contributed by atoms with E-state index < -0.39 is 5.97 Å². The van der Waals surface area contributed by atoms with E-state index in [1.807, 2.05) is 0 Å². The van der Waals surface area contributed by atoms with Crippen molar-refractivity contribution in [2.24, 2.45) is 0 Å². The van der Waals surface area contributed by atoms with E-state index in [1.54, 1.807) is 30.3 Å². The van der Waals surface area contributed by atoms with E-state index in [9.17, 15) is 9.59 Å². The molecule has 0 unspecified atom stereocenters. The summed E-state index contributed by atoms with van der Waals surface area (Å²) in [4.78, 5) is 21.3. The first-order valence-electron chi connectivity index (χ1n) is 3.75. The van der Waals surface area contributed by atoms with Crippen LogP contribution >= 0.6 is 24.0 Å².